The molecule has 0 radical (unpaired) electrons. The highest BCUT2D eigenvalue weighted by Gasteiger charge is 2.23. The molecule has 0 atom stereocenters. The first kappa shape index (κ1) is 9.18. The molecule has 0 aliphatic carbocycles. The highest BCUT2D eigenvalue weighted by Crippen LogP contribution is 2.34. The van der Waals surface area contributed by atoms with E-state index < -0.39 is 0 Å². The SMILES string of the molecule is CC1(C)C=CC(C)(C)CSC1. The summed E-state index contributed by atoms with van der Waals surface area (Å²) < 4.78 is 0. The molecular formula is C10H18S. The van der Waals surface area contributed by atoms with Gasteiger partial charge < -0.3 is 0 Å². The number of hydrogen-bond donors (Lipinski definition) is 0. The molecule has 0 aromatic heterocycles. The highest BCUT2D eigenvalue weighted by atomic mass is 32.2. The van der Waals surface area contributed by atoms with Crippen molar-refractivity contribution < 1.29 is 0 Å². The Morgan fingerprint density at radius 3 is 1.64 bits per heavy atom. The third-order valence-corrected chi connectivity index (χ3v) is 3.83. The first-order valence-corrected chi connectivity index (χ1v) is 5.35. The Balaban J connectivity index is 2.72. The van der Waals surface area contributed by atoms with Crippen molar-refractivity contribution in [3.63, 3.8) is 0 Å². The van der Waals surface area contributed by atoms with Crippen LogP contribution >= 0.6 is 11.8 Å². The van der Waals surface area contributed by atoms with Crippen LogP contribution in [0.15, 0.2) is 12.2 Å². The van der Waals surface area contributed by atoms with Gasteiger partial charge in [-0.15, -0.1) is 0 Å². The number of thioether (sulfide) groups is 1. The smallest absolute Gasteiger partial charge is 0.00189 e. The topological polar surface area (TPSA) is 0 Å². The summed E-state index contributed by atoms with van der Waals surface area (Å²) in [4.78, 5) is 0. The van der Waals surface area contributed by atoms with Gasteiger partial charge in [-0.25, -0.2) is 0 Å². The van der Waals surface area contributed by atoms with Crippen molar-refractivity contribution in [3.8, 4) is 0 Å². The molecule has 1 rings (SSSR count). The predicted octanol–water partition coefficient (Wildman–Crippen LogP) is 3.34. The van der Waals surface area contributed by atoms with E-state index in [1.54, 1.807) is 0 Å². The van der Waals surface area contributed by atoms with Gasteiger partial charge >= 0.3 is 0 Å². The number of allylic oxidation sites excluding steroid dienone is 2. The van der Waals surface area contributed by atoms with Gasteiger partial charge in [-0.1, -0.05) is 39.8 Å². The molecule has 0 amide bonds. The van der Waals surface area contributed by atoms with Crippen LogP contribution in [0.3, 0.4) is 0 Å². The second-order valence-corrected chi connectivity index (χ2v) is 5.79. The lowest BCUT2D eigenvalue weighted by Gasteiger charge is -2.17. The van der Waals surface area contributed by atoms with Gasteiger partial charge in [-0.05, 0) is 10.8 Å². The first-order chi connectivity index (χ1) is 4.91. The van der Waals surface area contributed by atoms with Crippen LogP contribution in [0.4, 0.5) is 0 Å². The molecule has 0 nitrogen and oxygen atoms in total. The van der Waals surface area contributed by atoms with Crippen molar-refractivity contribution >= 4 is 11.8 Å². The molecule has 0 aromatic carbocycles. The molecule has 1 heterocycles. The minimum atomic E-state index is 0.401. The maximum absolute atomic E-state index is 2.37. The lowest BCUT2D eigenvalue weighted by Crippen LogP contribution is -2.09. The fraction of sp³-hybridized carbons (Fsp3) is 0.800. The zero-order valence-corrected chi connectivity index (χ0v) is 8.79. The molecule has 0 spiro atoms. The summed E-state index contributed by atoms with van der Waals surface area (Å²) in [5.74, 6) is 2.51. The third kappa shape index (κ3) is 2.90. The largest absolute Gasteiger partial charge is 0.160 e. The average Bonchev–Trinajstić information content (AvgIpc) is 1.92. The summed E-state index contributed by atoms with van der Waals surface area (Å²) in [7, 11) is 0. The second-order valence-electron chi connectivity index (χ2n) is 4.80. The van der Waals surface area contributed by atoms with E-state index in [2.05, 4.69) is 51.6 Å². The van der Waals surface area contributed by atoms with E-state index >= 15 is 0 Å². The summed E-state index contributed by atoms with van der Waals surface area (Å²) in [5, 5.41) is 0. The maximum atomic E-state index is 2.37. The van der Waals surface area contributed by atoms with Gasteiger partial charge in [0.15, 0.2) is 0 Å². The van der Waals surface area contributed by atoms with Crippen LogP contribution in [0, 0.1) is 10.8 Å². The quantitative estimate of drug-likeness (QED) is 0.502. The molecule has 0 aromatic rings. The molecule has 0 unspecified atom stereocenters. The van der Waals surface area contributed by atoms with E-state index in [1.165, 1.54) is 11.5 Å². The van der Waals surface area contributed by atoms with Crippen LogP contribution in [-0.2, 0) is 0 Å². The lowest BCUT2D eigenvalue weighted by atomic mass is 9.89. The Labute approximate surface area is 74.5 Å². The summed E-state index contributed by atoms with van der Waals surface area (Å²) in [5.41, 5.74) is 0.802. The molecule has 0 N–H and O–H groups in total. The molecule has 11 heavy (non-hydrogen) atoms. The molecule has 0 saturated heterocycles. The second kappa shape index (κ2) is 2.85. The van der Waals surface area contributed by atoms with E-state index in [0.29, 0.717) is 10.8 Å². The van der Waals surface area contributed by atoms with E-state index in [0.717, 1.165) is 0 Å². The standard InChI is InChI=1S/C10H18S/c1-9(2)5-6-10(3,4)8-11-7-9/h5-6H,7-8H2,1-4H3. The molecule has 0 saturated carbocycles. The van der Waals surface area contributed by atoms with Crippen LogP contribution in [0.1, 0.15) is 27.7 Å². The summed E-state index contributed by atoms with van der Waals surface area (Å²) in [6.07, 6.45) is 4.74. The summed E-state index contributed by atoms with van der Waals surface area (Å²) in [6.45, 7) is 9.21. The minimum absolute atomic E-state index is 0.401. The van der Waals surface area contributed by atoms with Gasteiger partial charge in [0.2, 0.25) is 0 Å². The number of hydrogen-bond acceptors (Lipinski definition) is 1. The molecule has 1 aliphatic rings. The van der Waals surface area contributed by atoms with Crippen molar-refractivity contribution in [2.75, 3.05) is 11.5 Å². The monoisotopic (exact) mass is 170 g/mol. The van der Waals surface area contributed by atoms with Crippen molar-refractivity contribution in [2.45, 2.75) is 27.7 Å². The van der Waals surface area contributed by atoms with Gasteiger partial charge in [0.05, 0.1) is 0 Å². The Morgan fingerprint density at radius 2 is 1.27 bits per heavy atom. The Bertz CT molecular complexity index is 148. The van der Waals surface area contributed by atoms with Crippen molar-refractivity contribution in [1.82, 2.24) is 0 Å². The van der Waals surface area contributed by atoms with Gasteiger partial charge in [0.1, 0.15) is 0 Å². The predicted molar refractivity (Wildman–Crippen MR) is 54.0 cm³/mol. The van der Waals surface area contributed by atoms with Crippen molar-refractivity contribution in [2.24, 2.45) is 10.8 Å². The van der Waals surface area contributed by atoms with Gasteiger partial charge in [-0.2, -0.15) is 11.8 Å². The van der Waals surface area contributed by atoms with Gasteiger partial charge in [0, 0.05) is 11.5 Å². The molecule has 1 heteroatoms. The zero-order chi connectivity index (χ0) is 8.54. The summed E-state index contributed by atoms with van der Waals surface area (Å²) in [6, 6.07) is 0. The maximum Gasteiger partial charge on any atom is 0.00189 e. The molecule has 1 aliphatic heterocycles. The van der Waals surface area contributed by atoms with Gasteiger partial charge in [0.25, 0.3) is 0 Å². The van der Waals surface area contributed by atoms with E-state index in [9.17, 15) is 0 Å². The highest BCUT2D eigenvalue weighted by molar-refractivity contribution is 7.99. The van der Waals surface area contributed by atoms with Crippen LogP contribution in [0.5, 0.6) is 0 Å². The van der Waals surface area contributed by atoms with E-state index in [4.69, 9.17) is 0 Å². The number of rotatable bonds is 0. The molecule has 64 valence electrons. The third-order valence-electron chi connectivity index (χ3n) is 1.93. The van der Waals surface area contributed by atoms with E-state index in [1.807, 2.05) is 0 Å². The molecular weight excluding hydrogens is 152 g/mol. The summed E-state index contributed by atoms with van der Waals surface area (Å²) >= 11 is 2.07. The van der Waals surface area contributed by atoms with E-state index in [-0.39, 0.29) is 0 Å². The van der Waals surface area contributed by atoms with Crippen LogP contribution in [-0.4, -0.2) is 11.5 Å². The Kier molecular flexibility index (Phi) is 2.38. The molecule has 0 bridgehead atoms. The normalized spacial score (nSPS) is 28.0. The van der Waals surface area contributed by atoms with Crippen LogP contribution in [0.2, 0.25) is 0 Å². The molecule has 0 fully saturated rings. The van der Waals surface area contributed by atoms with Gasteiger partial charge in [-0.3, -0.25) is 0 Å². The first-order valence-electron chi connectivity index (χ1n) is 4.20. The van der Waals surface area contributed by atoms with Crippen molar-refractivity contribution in [3.05, 3.63) is 12.2 Å². The lowest BCUT2D eigenvalue weighted by molar-refractivity contribution is 0.531. The van der Waals surface area contributed by atoms with Crippen LogP contribution in [0.25, 0.3) is 0 Å². The zero-order valence-electron chi connectivity index (χ0n) is 7.98. The van der Waals surface area contributed by atoms with Crippen molar-refractivity contribution in [1.29, 1.82) is 0 Å². The fourth-order valence-electron chi connectivity index (χ4n) is 1.12. The Hall–Kier alpha value is 0.0900. The average molecular weight is 170 g/mol. The minimum Gasteiger partial charge on any atom is -0.160 e. The Morgan fingerprint density at radius 1 is 0.909 bits per heavy atom. The van der Waals surface area contributed by atoms with Crippen LogP contribution < -0.4 is 0 Å². The fourth-order valence-corrected chi connectivity index (χ4v) is 2.47.